The highest BCUT2D eigenvalue weighted by Gasteiger charge is 2.15. The molecule has 0 fully saturated rings. The number of para-hydroxylation sites is 1. The standard InChI is InChI=1S/C18H11BO4/c20-19-23-10-5-8-16-14(9-10)13-7-6-12-11-3-1-2-4-15(11)21-17(12)18(13)22-16/h1-9,19-20H. The fourth-order valence-corrected chi connectivity index (χ4v) is 3.16. The summed E-state index contributed by atoms with van der Waals surface area (Å²) in [5.41, 5.74) is 3.09. The van der Waals surface area contributed by atoms with Crippen LogP contribution in [0.3, 0.4) is 0 Å². The minimum atomic E-state index is -0.352. The molecule has 5 heteroatoms. The molecule has 2 aromatic heterocycles. The van der Waals surface area contributed by atoms with Gasteiger partial charge in [-0.25, -0.2) is 0 Å². The van der Waals surface area contributed by atoms with Crippen molar-refractivity contribution >= 4 is 51.6 Å². The zero-order valence-corrected chi connectivity index (χ0v) is 12.1. The van der Waals surface area contributed by atoms with Gasteiger partial charge in [0.15, 0.2) is 11.2 Å². The molecule has 0 radical (unpaired) electrons. The summed E-state index contributed by atoms with van der Waals surface area (Å²) in [6.45, 7) is 0. The molecular formula is C18H11BO4. The molecule has 3 aromatic carbocycles. The molecule has 110 valence electrons. The first-order valence-electron chi connectivity index (χ1n) is 7.35. The fourth-order valence-electron chi connectivity index (χ4n) is 3.16. The predicted octanol–water partition coefficient (Wildman–Crippen LogP) is 4.12. The van der Waals surface area contributed by atoms with Gasteiger partial charge in [0.2, 0.25) is 0 Å². The molecule has 2 heterocycles. The summed E-state index contributed by atoms with van der Waals surface area (Å²) >= 11 is 0. The molecule has 4 nitrogen and oxygen atoms in total. The van der Waals surface area contributed by atoms with Crippen LogP contribution in [0.25, 0.3) is 43.9 Å². The maximum atomic E-state index is 8.92. The molecule has 5 aromatic rings. The van der Waals surface area contributed by atoms with E-state index in [0.29, 0.717) is 5.75 Å². The maximum absolute atomic E-state index is 8.92. The van der Waals surface area contributed by atoms with Gasteiger partial charge in [0, 0.05) is 21.5 Å². The number of hydrogen-bond donors (Lipinski definition) is 1. The first-order valence-corrected chi connectivity index (χ1v) is 7.35. The van der Waals surface area contributed by atoms with Crippen LogP contribution < -0.4 is 4.65 Å². The highest BCUT2D eigenvalue weighted by atomic mass is 16.5. The Morgan fingerprint density at radius 1 is 0.739 bits per heavy atom. The van der Waals surface area contributed by atoms with E-state index in [4.69, 9.17) is 18.5 Å². The Balaban J connectivity index is 1.91. The fraction of sp³-hybridized carbons (Fsp3) is 0. The predicted molar refractivity (Wildman–Crippen MR) is 91.0 cm³/mol. The van der Waals surface area contributed by atoms with Crippen LogP contribution in [0.4, 0.5) is 0 Å². The van der Waals surface area contributed by atoms with Gasteiger partial charge >= 0.3 is 7.69 Å². The molecule has 5 rings (SSSR count). The Hall–Kier alpha value is -2.92. The molecular weight excluding hydrogens is 291 g/mol. The van der Waals surface area contributed by atoms with Gasteiger partial charge in [0.05, 0.1) is 0 Å². The number of benzene rings is 3. The normalized spacial score (nSPS) is 11.7. The smallest absolute Gasteiger partial charge is 0.504 e. The van der Waals surface area contributed by atoms with Gasteiger partial charge in [-0.2, -0.15) is 0 Å². The van der Waals surface area contributed by atoms with Crippen molar-refractivity contribution < 1.29 is 18.5 Å². The summed E-state index contributed by atoms with van der Waals surface area (Å²) in [6.07, 6.45) is 0. The van der Waals surface area contributed by atoms with E-state index in [9.17, 15) is 0 Å². The van der Waals surface area contributed by atoms with Crippen molar-refractivity contribution in [2.75, 3.05) is 0 Å². The Kier molecular flexibility index (Phi) is 2.49. The summed E-state index contributed by atoms with van der Waals surface area (Å²) in [5.74, 6) is 0.604. The highest BCUT2D eigenvalue weighted by molar-refractivity contribution is 6.19. The molecule has 0 aliphatic heterocycles. The third kappa shape index (κ3) is 1.71. The van der Waals surface area contributed by atoms with E-state index < -0.39 is 0 Å². The van der Waals surface area contributed by atoms with Crippen LogP contribution in [0.15, 0.2) is 63.4 Å². The average molecular weight is 302 g/mol. The van der Waals surface area contributed by atoms with Crippen molar-refractivity contribution in [3.63, 3.8) is 0 Å². The quantitative estimate of drug-likeness (QED) is 0.498. The Bertz CT molecular complexity index is 1190. The summed E-state index contributed by atoms with van der Waals surface area (Å²) in [4.78, 5) is 0. The second-order valence-corrected chi connectivity index (χ2v) is 5.45. The molecule has 0 unspecified atom stereocenters. The van der Waals surface area contributed by atoms with Crippen molar-refractivity contribution in [1.29, 1.82) is 0 Å². The minimum absolute atomic E-state index is 0.352. The molecule has 0 atom stereocenters. The molecule has 0 saturated heterocycles. The SMILES string of the molecule is OBOc1ccc2oc3c(ccc4c5ccccc5oc43)c2c1. The maximum Gasteiger partial charge on any atom is 0.504 e. The van der Waals surface area contributed by atoms with Crippen molar-refractivity contribution in [3.8, 4) is 5.75 Å². The average Bonchev–Trinajstić information content (AvgIpc) is 3.13. The van der Waals surface area contributed by atoms with E-state index in [2.05, 4.69) is 6.07 Å². The van der Waals surface area contributed by atoms with Crippen LogP contribution in [0, 0.1) is 0 Å². The molecule has 0 saturated carbocycles. The number of furan rings is 2. The molecule has 0 bridgehead atoms. The van der Waals surface area contributed by atoms with E-state index in [1.54, 1.807) is 6.07 Å². The molecule has 0 aliphatic rings. The van der Waals surface area contributed by atoms with E-state index in [1.807, 2.05) is 42.5 Å². The first kappa shape index (κ1) is 12.6. The van der Waals surface area contributed by atoms with Crippen LogP contribution in [-0.2, 0) is 0 Å². The number of rotatable bonds is 2. The van der Waals surface area contributed by atoms with Gasteiger partial charge in [-0.05, 0) is 36.4 Å². The van der Waals surface area contributed by atoms with Gasteiger partial charge in [-0.1, -0.05) is 18.2 Å². The zero-order chi connectivity index (χ0) is 15.4. The van der Waals surface area contributed by atoms with Crippen LogP contribution in [-0.4, -0.2) is 12.7 Å². The zero-order valence-electron chi connectivity index (χ0n) is 12.1. The van der Waals surface area contributed by atoms with Crippen LogP contribution in [0.2, 0.25) is 0 Å². The first-order chi connectivity index (χ1) is 11.3. The monoisotopic (exact) mass is 302 g/mol. The highest BCUT2D eigenvalue weighted by Crippen LogP contribution is 2.39. The van der Waals surface area contributed by atoms with Gasteiger partial charge < -0.3 is 18.5 Å². The van der Waals surface area contributed by atoms with Crippen molar-refractivity contribution in [1.82, 2.24) is 0 Å². The topological polar surface area (TPSA) is 55.7 Å². The van der Waals surface area contributed by atoms with E-state index in [-0.39, 0.29) is 7.69 Å². The van der Waals surface area contributed by atoms with Gasteiger partial charge in [0.25, 0.3) is 0 Å². The van der Waals surface area contributed by atoms with Crippen molar-refractivity contribution in [2.45, 2.75) is 0 Å². The molecule has 0 spiro atoms. The molecule has 23 heavy (non-hydrogen) atoms. The number of hydrogen-bond acceptors (Lipinski definition) is 4. The molecule has 1 N–H and O–H groups in total. The Labute approximate surface area is 131 Å². The van der Waals surface area contributed by atoms with Gasteiger partial charge in [0.1, 0.15) is 16.9 Å². The van der Waals surface area contributed by atoms with Crippen molar-refractivity contribution in [3.05, 3.63) is 54.6 Å². The second kappa shape index (κ2) is 4.54. The Morgan fingerprint density at radius 2 is 1.43 bits per heavy atom. The second-order valence-electron chi connectivity index (χ2n) is 5.45. The minimum Gasteiger partial charge on any atom is -0.539 e. The van der Waals surface area contributed by atoms with Crippen LogP contribution in [0.5, 0.6) is 5.75 Å². The summed E-state index contributed by atoms with van der Waals surface area (Å²) in [7, 11) is -0.352. The molecule has 0 amide bonds. The molecule has 0 aliphatic carbocycles. The van der Waals surface area contributed by atoms with Crippen LogP contribution >= 0.6 is 0 Å². The third-order valence-electron chi connectivity index (χ3n) is 4.19. The third-order valence-corrected chi connectivity index (χ3v) is 4.19. The lowest BCUT2D eigenvalue weighted by Crippen LogP contribution is -1.98. The summed E-state index contributed by atoms with van der Waals surface area (Å²) in [5, 5.41) is 12.9. The lowest BCUT2D eigenvalue weighted by atomic mass is 10.1. The summed E-state index contributed by atoms with van der Waals surface area (Å²) in [6, 6.07) is 17.5. The lowest BCUT2D eigenvalue weighted by molar-refractivity contribution is 0.454. The summed E-state index contributed by atoms with van der Waals surface area (Å²) < 4.78 is 17.2. The Morgan fingerprint density at radius 3 is 2.22 bits per heavy atom. The van der Waals surface area contributed by atoms with Crippen molar-refractivity contribution in [2.24, 2.45) is 0 Å². The van der Waals surface area contributed by atoms with E-state index >= 15 is 0 Å². The lowest BCUT2D eigenvalue weighted by Gasteiger charge is -2.00. The van der Waals surface area contributed by atoms with Gasteiger partial charge in [-0.15, -0.1) is 0 Å². The van der Waals surface area contributed by atoms with E-state index in [1.165, 1.54) is 0 Å². The van der Waals surface area contributed by atoms with Crippen LogP contribution in [0.1, 0.15) is 0 Å². The largest absolute Gasteiger partial charge is 0.539 e. The van der Waals surface area contributed by atoms with Gasteiger partial charge in [-0.3, -0.25) is 0 Å². The number of fused-ring (bicyclic) bond motifs is 7. The van der Waals surface area contributed by atoms with E-state index in [0.717, 1.165) is 43.9 Å².